The van der Waals surface area contributed by atoms with Gasteiger partial charge in [-0.3, -0.25) is 4.79 Å². The standard InChI is InChI=1S/C52H92O2/c1-8-10-11-12-13-14-15-16-17-18-19-20-21-22-23-24-25-26-27-28-29-50(53)54-45-36-38-51(6)44(40-45)32-33-46-48-35-34-47(52(48,7)39-37-49(46)51)42(5)30-31-43(9-2)41(3)4/h30-32,41-43,45-49H,8-29,33-40H2,1-7H3/b31-30+/t42-,43-,45+,46+,47-,48+,49+,51+,52-/m1/s1. The molecule has 2 nitrogen and oxygen atoms in total. The predicted octanol–water partition coefficient (Wildman–Crippen LogP) is 16.6. The van der Waals surface area contributed by atoms with Crippen molar-refractivity contribution < 1.29 is 9.53 Å². The van der Waals surface area contributed by atoms with Gasteiger partial charge in [-0.15, -0.1) is 0 Å². The molecule has 4 aliphatic rings. The Kier molecular flexibility index (Phi) is 20.3. The first kappa shape index (κ1) is 45.6. The van der Waals surface area contributed by atoms with Crippen molar-refractivity contribution in [3.63, 3.8) is 0 Å². The van der Waals surface area contributed by atoms with Crippen molar-refractivity contribution in [2.45, 2.75) is 247 Å². The van der Waals surface area contributed by atoms with Gasteiger partial charge in [-0.05, 0) is 110 Å². The third-order valence-electron chi connectivity index (χ3n) is 16.3. The first-order valence-electron chi connectivity index (χ1n) is 24.7. The highest BCUT2D eigenvalue weighted by Gasteiger charge is 2.59. The fraction of sp³-hybridized carbons (Fsp3) is 0.904. The lowest BCUT2D eigenvalue weighted by molar-refractivity contribution is -0.151. The van der Waals surface area contributed by atoms with E-state index in [2.05, 4.69) is 66.7 Å². The van der Waals surface area contributed by atoms with Gasteiger partial charge in [-0.1, -0.05) is 194 Å². The lowest BCUT2D eigenvalue weighted by Gasteiger charge is -2.58. The van der Waals surface area contributed by atoms with Gasteiger partial charge >= 0.3 is 5.97 Å². The first-order valence-corrected chi connectivity index (χ1v) is 24.7. The van der Waals surface area contributed by atoms with Crippen molar-refractivity contribution in [1.29, 1.82) is 0 Å². The van der Waals surface area contributed by atoms with Crippen LogP contribution >= 0.6 is 0 Å². The Morgan fingerprint density at radius 3 is 1.80 bits per heavy atom. The number of hydrogen-bond donors (Lipinski definition) is 0. The Morgan fingerprint density at radius 2 is 1.26 bits per heavy atom. The Balaban J connectivity index is 1.04. The summed E-state index contributed by atoms with van der Waals surface area (Å²) in [5.74, 6) is 5.56. The smallest absolute Gasteiger partial charge is 0.306 e. The molecule has 2 heteroatoms. The highest BCUT2D eigenvalue weighted by Crippen LogP contribution is 2.67. The van der Waals surface area contributed by atoms with Gasteiger partial charge in [0.05, 0.1) is 0 Å². The topological polar surface area (TPSA) is 26.3 Å². The molecule has 0 aliphatic heterocycles. The van der Waals surface area contributed by atoms with E-state index in [0.717, 1.165) is 48.9 Å². The zero-order valence-corrected chi connectivity index (χ0v) is 37.4. The summed E-state index contributed by atoms with van der Waals surface area (Å²) in [4.78, 5) is 12.9. The van der Waals surface area contributed by atoms with Crippen molar-refractivity contribution in [1.82, 2.24) is 0 Å². The molecule has 0 aromatic rings. The van der Waals surface area contributed by atoms with Crippen LogP contribution in [0.4, 0.5) is 0 Å². The van der Waals surface area contributed by atoms with Crippen molar-refractivity contribution in [2.75, 3.05) is 0 Å². The Bertz CT molecular complexity index is 1100. The molecule has 54 heavy (non-hydrogen) atoms. The van der Waals surface area contributed by atoms with Crippen molar-refractivity contribution >= 4 is 5.97 Å². The SMILES string of the molecule is CCCCCCCCCCCCCCCCCCCCCCC(=O)O[C@H]1CC[C@@]2(C)C(=CC[C@H]3[C@@H]4CC[C@H]([C@H](C)/C=C/[C@@H](CC)C(C)C)[C@@]4(C)CC[C@@H]32)C1. The van der Waals surface area contributed by atoms with Crippen LogP contribution in [-0.2, 0) is 9.53 Å². The predicted molar refractivity (Wildman–Crippen MR) is 235 cm³/mol. The second-order valence-electron chi connectivity index (χ2n) is 20.4. The molecule has 4 aliphatic carbocycles. The summed E-state index contributed by atoms with van der Waals surface area (Å²) < 4.78 is 6.16. The minimum absolute atomic E-state index is 0.0625. The molecule has 0 aromatic heterocycles. The largest absolute Gasteiger partial charge is 0.462 e. The van der Waals surface area contributed by atoms with Gasteiger partial charge in [0.1, 0.15) is 6.10 Å². The molecule has 3 fully saturated rings. The Labute approximate surface area is 337 Å². The number of allylic oxidation sites excluding steroid dienone is 3. The van der Waals surface area contributed by atoms with Crippen LogP contribution in [0.3, 0.4) is 0 Å². The maximum Gasteiger partial charge on any atom is 0.306 e. The first-order chi connectivity index (χ1) is 26.1. The average molecular weight is 749 g/mol. The second kappa shape index (κ2) is 24.0. The van der Waals surface area contributed by atoms with Crippen molar-refractivity contribution in [3.05, 3.63) is 23.8 Å². The zero-order chi connectivity index (χ0) is 38.8. The molecule has 0 N–H and O–H groups in total. The van der Waals surface area contributed by atoms with E-state index < -0.39 is 0 Å². The molecular formula is C52H92O2. The number of ether oxygens (including phenoxy) is 1. The second-order valence-corrected chi connectivity index (χ2v) is 20.4. The van der Waals surface area contributed by atoms with E-state index in [-0.39, 0.29) is 12.1 Å². The molecule has 4 rings (SSSR count). The summed E-state index contributed by atoms with van der Waals surface area (Å²) >= 11 is 0. The fourth-order valence-corrected chi connectivity index (χ4v) is 12.7. The third kappa shape index (κ3) is 13.2. The maximum atomic E-state index is 12.9. The zero-order valence-electron chi connectivity index (χ0n) is 37.4. The normalized spacial score (nSPS) is 30.5. The average Bonchev–Trinajstić information content (AvgIpc) is 3.51. The monoisotopic (exact) mass is 749 g/mol. The van der Waals surface area contributed by atoms with Crippen molar-refractivity contribution in [3.8, 4) is 0 Å². The number of unbranched alkanes of at least 4 members (excludes halogenated alkanes) is 19. The van der Waals surface area contributed by atoms with Crippen molar-refractivity contribution in [2.24, 2.45) is 52.3 Å². The van der Waals surface area contributed by atoms with Crippen LogP contribution in [0.2, 0.25) is 0 Å². The van der Waals surface area contributed by atoms with Gasteiger partial charge in [-0.25, -0.2) is 0 Å². The number of carbonyl (C=O) groups excluding carboxylic acids is 1. The van der Waals surface area contributed by atoms with Gasteiger partial charge < -0.3 is 4.74 Å². The Hall–Kier alpha value is -1.05. The molecule has 0 amide bonds. The highest BCUT2D eigenvalue weighted by atomic mass is 16.5. The molecule has 9 atom stereocenters. The maximum absolute atomic E-state index is 12.9. The van der Waals surface area contributed by atoms with Gasteiger partial charge in [0.25, 0.3) is 0 Å². The van der Waals surface area contributed by atoms with Crippen LogP contribution in [-0.4, -0.2) is 12.1 Å². The van der Waals surface area contributed by atoms with Gasteiger partial charge in [0, 0.05) is 12.8 Å². The van der Waals surface area contributed by atoms with Crippen LogP contribution in [0.5, 0.6) is 0 Å². The molecule has 0 unspecified atom stereocenters. The van der Waals surface area contributed by atoms with Crippen LogP contribution in [0, 0.1) is 52.3 Å². The molecule has 0 bridgehead atoms. The molecule has 3 saturated carbocycles. The van der Waals surface area contributed by atoms with Crippen LogP contribution < -0.4 is 0 Å². The highest BCUT2D eigenvalue weighted by molar-refractivity contribution is 5.69. The lowest BCUT2D eigenvalue weighted by atomic mass is 9.47. The fourth-order valence-electron chi connectivity index (χ4n) is 12.7. The quantitative estimate of drug-likeness (QED) is 0.0475. The van der Waals surface area contributed by atoms with E-state index in [1.54, 1.807) is 5.57 Å². The van der Waals surface area contributed by atoms with E-state index >= 15 is 0 Å². The molecule has 0 aromatic carbocycles. The number of carbonyl (C=O) groups is 1. The van der Waals surface area contributed by atoms with E-state index in [1.807, 2.05) is 0 Å². The number of hydrogen-bond acceptors (Lipinski definition) is 2. The molecular weight excluding hydrogens is 657 g/mol. The van der Waals surface area contributed by atoms with E-state index in [4.69, 9.17) is 4.74 Å². The number of esters is 1. The summed E-state index contributed by atoms with van der Waals surface area (Å²) in [6, 6.07) is 0. The minimum atomic E-state index is 0.0625. The van der Waals surface area contributed by atoms with Gasteiger partial charge in [0.2, 0.25) is 0 Å². The number of rotatable bonds is 27. The summed E-state index contributed by atoms with van der Waals surface area (Å²) in [5, 5.41) is 0. The lowest BCUT2D eigenvalue weighted by Crippen LogP contribution is -2.51. The molecule has 0 heterocycles. The molecule has 0 saturated heterocycles. The summed E-state index contributed by atoms with van der Waals surface area (Å²) in [5.41, 5.74) is 2.44. The molecule has 0 spiro atoms. The summed E-state index contributed by atoms with van der Waals surface area (Å²) in [7, 11) is 0. The van der Waals surface area contributed by atoms with Crippen LogP contribution in [0.1, 0.15) is 241 Å². The van der Waals surface area contributed by atoms with Gasteiger partial charge in [-0.2, -0.15) is 0 Å². The third-order valence-corrected chi connectivity index (χ3v) is 16.3. The summed E-state index contributed by atoms with van der Waals surface area (Å²) in [6.07, 6.45) is 47.7. The van der Waals surface area contributed by atoms with Crippen LogP contribution in [0.25, 0.3) is 0 Å². The molecule has 0 radical (unpaired) electrons. The number of fused-ring (bicyclic) bond motifs is 5. The molecule has 312 valence electrons. The van der Waals surface area contributed by atoms with Gasteiger partial charge in [0.15, 0.2) is 0 Å². The summed E-state index contributed by atoms with van der Waals surface area (Å²) in [6.45, 7) is 17.2. The minimum Gasteiger partial charge on any atom is -0.462 e. The van der Waals surface area contributed by atoms with Crippen LogP contribution in [0.15, 0.2) is 23.8 Å². The van der Waals surface area contributed by atoms with E-state index in [1.165, 1.54) is 167 Å². The van der Waals surface area contributed by atoms with E-state index in [0.29, 0.717) is 29.1 Å². The Morgan fingerprint density at radius 1 is 0.704 bits per heavy atom. The van der Waals surface area contributed by atoms with E-state index in [9.17, 15) is 4.79 Å².